The lowest BCUT2D eigenvalue weighted by Gasteiger charge is -2.07. The number of aryl methyl sites for hydroxylation is 1. The lowest BCUT2D eigenvalue weighted by molar-refractivity contribution is 0.592. The summed E-state index contributed by atoms with van der Waals surface area (Å²) in [5.41, 5.74) is 7.43. The molecule has 1 aromatic carbocycles. The molecule has 0 spiro atoms. The SMILES string of the molecule is Cc1cc(C#N)ccc1CS(=O)(=O)CCCN. The van der Waals surface area contributed by atoms with E-state index in [0.29, 0.717) is 18.5 Å². The van der Waals surface area contributed by atoms with Gasteiger partial charge in [-0.3, -0.25) is 0 Å². The van der Waals surface area contributed by atoms with Gasteiger partial charge in [0.15, 0.2) is 9.84 Å². The smallest absolute Gasteiger partial charge is 0.154 e. The standard InChI is InChI=1S/C12H16N2O2S/c1-10-7-11(8-14)3-4-12(10)9-17(15,16)6-2-5-13/h3-4,7H,2,5-6,9,13H2,1H3. The molecule has 0 saturated carbocycles. The molecule has 2 N–H and O–H groups in total. The van der Waals surface area contributed by atoms with Crippen LogP contribution in [0.1, 0.15) is 23.1 Å². The fourth-order valence-electron chi connectivity index (χ4n) is 1.54. The average molecular weight is 252 g/mol. The van der Waals surface area contributed by atoms with Gasteiger partial charge in [0.2, 0.25) is 0 Å². The van der Waals surface area contributed by atoms with Gasteiger partial charge in [-0.05, 0) is 43.1 Å². The van der Waals surface area contributed by atoms with Gasteiger partial charge in [-0.15, -0.1) is 0 Å². The topological polar surface area (TPSA) is 84.0 Å². The van der Waals surface area contributed by atoms with E-state index in [9.17, 15) is 8.42 Å². The summed E-state index contributed by atoms with van der Waals surface area (Å²) in [5.74, 6) is 0.132. The van der Waals surface area contributed by atoms with Crippen molar-refractivity contribution in [1.82, 2.24) is 0 Å². The Morgan fingerprint density at radius 2 is 2.12 bits per heavy atom. The molecule has 4 nitrogen and oxygen atoms in total. The molecule has 0 bridgehead atoms. The fourth-order valence-corrected chi connectivity index (χ4v) is 3.09. The highest BCUT2D eigenvalue weighted by Crippen LogP contribution is 2.14. The van der Waals surface area contributed by atoms with E-state index in [1.54, 1.807) is 18.2 Å². The molecule has 0 fully saturated rings. The number of rotatable bonds is 5. The number of sulfone groups is 1. The Morgan fingerprint density at radius 1 is 1.41 bits per heavy atom. The van der Waals surface area contributed by atoms with Crippen LogP contribution in [0, 0.1) is 18.3 Å². The lowest BCUT2D eigenvalue weighted by Crippen LogP contribution is -2.13. The van der Waals surface area contributed by atoms with Crippen molar-refractivity contribution >= 4 is 9.84 Å². The Hall–Kier alpha value is -1.38. The van der Waals surface area contributed by atoms with Crippen LogP contribution in [0.3, 0.4) is 0 Å². The van der Waals surface area contributed by atoms with Gasteiger partial charge in [0.1, 0.15) is 0 Å². The van der Waals surface area contributed by atoms with Crippen LogP contribution in [-0.4, -0.2) is 20.7 Å². The maximum absolute atomic E-state index is 11.7. The average Bonchev–Trinajstić information content (AvgIpc) is 2.29. The van der Waals surface area contributed by atoms with Crippen LogP contribution >= 0.6 is 0 Å². The summed E-state index contributed by atoms with van der Waals surface area (Å²) in [6, 6.07) is 7.07. The van der Waals surface area contributed by atoms with Crippen molar-refractivity contribution in [2.24, 2.45) is 5.73 Å². The molecule has 0 aliphatic rings. The van der Waals surface area contributed by atoms with Crippen LogP contribution in [0.5, 0.6) is 0 Å². The van der Waals surface area contributed by atoms with Crippen molar-refractivity contribution in [2.45, 2.75) is 19.1 Å². The van der Waals surface area contributed by atoms with Crippen molar-refractivity contribution in [3.63, 3.8) is 0 Å². The fraction of sp³-hybridized carbons (Fsp3) is 0.417. The van der Waals surface area contributed by atoms with E-state index in [-0.39, 0.29) is 11.5 Å². The molecule has 0 heterocycles. The Morgan fingerprint density at radius 3 is 2.65 bits per heavy atom. The van der Waals surface area contributed by atoms with Gasteiger partial charge in [-0.1, -0.05) is 6.07 Å². The Labute approximate surface area is 102 Å². The summed E-state index contributed by atoms with van der Waals surface area (Å²) >= 11 is 0. The second-order valence-electron chi connectivity index (χ2n) is 3.99. The van der Waals surface area contributed by atoms with Crippen LogP contribution < -0.4 is 5.73 Å². The van der Waals surface area contributed by atoms with Gasteiger partial charge in [0.25, 0.3) is 0 Å². The summed E-state index contributed by atoms with van der Waals surface area (Å²) in [6.45, 7) is 2.19. The van der Waals surface area contributed by atoms with Crippen LogP contribution in [0.15, 0.2) is 18.2 Å². The minimum Gasteiger partial charge on any atom is -0.330 e. The Bertz CT molecular complexity index is 530. The van der Waals surface area contributed by atoms with Crippen molar-refractivity contribution < 1.29 is 8.42 Å². The van der Waals surface area contributed by atoms with Gasteiger partial charge < -0.3 is 5.73 Å². The molecule has 0 saturated heterocycles. The molecule has 17 heavy (non-hydrogen) atoms. The molecule has 0 atom stereocenters. The predicted octanol–water partition coefficient (Wildman–Crippen LogP) is 1.13. The Kier molecular flexibility index (Phi) is 4.67. The zero-order chi connectivity index (χ0) is 12.9. The zero-order valence-corrected chi connectivity index (χ0v) is 10.6. The van der Waals surface area contributed by atoms with Crippen molar-refractivity contribution in [3.05, 3.63) is 34.9 Å². The van der Waals surface area contributed by atoms with Crippen molar-refractivity contribution in [3.8, 4) is 6.07 Å². The summed E-state index contributed by atoms with van der Waals surface area (Å²) < 4.78 is 23.5. The van der Waals surface area contributed by atoms with Crippen LogP contribution in [0.2, 0.25) is 0 Å². The van der Waals surface area contributed by atoms with E-state index < -0.39 is 9.84 Å². The van der Waals surface area contributed by atoms with Gasteiger partial charge in [0, 0.05) is 0 Å². The van der Waals surface area contributed by atoms with Gasteiger partial charge in [-0.25, -0.2) is 8.42 Å². The van der Waals surface area contributed by atoms with E-state index >= 15 is 0 Å². The quantitative estimate of drug-likeness (QED) is 0.851. The van der Waals surface area contributed by atoms with Crippen molar-refractivity contribution in [1.29, 1.82) is 5.26 Å². The van der Waals surface area contributed by atoms with Crippen LogP contribution in [-0.2, 0) is 15.6 Å². The third kappa shape index (κ3) is 4.17. The third-order valence-electron chi connectivity index (χ3n) is 2.51. The first kappa shape index (κ1) is 13.7. The number of nitrogens with two attached hydrogens (primary N) is 1. The summed E-state index contributed by atoms with van der Waals surface area (Å²) in [4.78, 5) is 0. The molecule has 1 rings (SSSR count). The molecule has 0 amide bonds. The van der Waals surface area contributed by atoms with E-state index in [1.807, 2.05) is 13.0 Å². The summed E-state index contributed by atoms with van der Waals surface area (Å²) in [6.07, 6.45) is 0.484. The van der Waals surface area contributed by atoms with Gasteiger partial charge in [-0.2, -0.15) is 5.26 Å². The van der Waals surface area contributed by atoms with Crippen LogP contribution in [0.25, 0.3) is 0 Å². The highest BCUT2D eigenvalue weighted by atomic mass is 32.2. The highest BCUT2D eigenvalue weighted by Gasteiger charge is 2.13. The maximum Gasteiger partial charge on any atom is 0.154 e. The number of nitriles is 1. The largest absolute Gasteiger partial charge is 0.330 e. The van der Waals surface area contributed by atoms with Gasteiger partial charge in [0.05, 0.1) is 23.1 Å². The second kappa shape index (κ2) is 5.80. The predicted molar refractivity (Wildman–Crippen MR) is 67.1 cm³/mol. The first-order chi connectivity index (χ1) is 7.98. The molecular weight excluding hydrogens is 236 g/mol. The molecule has 0 aliphatic carbocycles. The molecule has 0 aromatic heterocycles. The van der Waals surface area contributed by atoms with Crippen molar-refractivity contribution in [2.75, 3.05) is 12.3 Å². The normalized spacial score (nSPS) is 11.1. The molecule has 92 valence electrons. The van der Waals surface area contributed by atoms with E-state index in [2.05, 4.69) is 0 Å². The molecule has 0 unspecified atom stereocenters. The van der Waals surface area contributed by atoms with Gasteiger partial charge >= 0.3 is 0 Å². The second-order valence-corrected chi connectivity index (χ2v) is 6.17. The highest BCUT2D eigenvalue weighted by molar-refractivity contribution is 7.90. The van der Waals surface area contributed by atoms with Crippen LogP contribution in [0.4, 0.5) is 0 Å². The summed E-state index contributed by atoms with van der Waals surface area (Å²) in [7, 11) is -3.10. The molecule has 1 aromatic rings. The molecular formula is C12H16N2O2S. The number of benzene rings is 1. The van der Waals surface area contributed by atoms with E-state index in [1.165, 1.54) is 0 Å². The Balaban J connectivity index is 2.86. The minimum absolute atomic E-state index is 0.0184. The third-order valence-corrected chi connectivity index (χ3v) is 4.17. The first-order valence-corrected chi connectivity index (χ1v) is 7.21. The van der Waals surface area contributed by atoms with E-state index in [0.717, 1.165) is 11.1 Å². The first-order valence-electron chi connectivity index (χ1n) is 5.38. The number of nitrogens with zero attached hydrogens (tertiary/aromatic N) is 1. The molecule has 5 heteroatoms. The minimum atomic E-state index is -3.10. The van der Waals surface area contributed by atoms with E-state index in [4.69, 9.17) is 11.0 Å². The summed E-state index contributed by atoms with van der Waals surface area (Å²) in [5, 5.41) is 8.72. The monoisotopic (exact) mass is 252 g/mol. The lowest BCUT2D eigenvalue weighted by atomic mass is 10.1. The number of hydrogen-bond acceptors (Lipinski definition) is 4. The molecule has 0 aliphatic heterocycles. The maximum atomic E-state index is 11.7. The zero-order valence-electron chi connectivity index (χ0n) is 9.81. The number of hydrogen-bond donors (Lipinski definition) is 1. The molecule has 0 radical (unpaired) electrons.